The Balaban J connectivity index is 1.55. The fourth-order valence-corrected chi connectivity index (χ4v) is 5.42. The lowest BCUT2D eigenvalue weighted by Crippen LogP contribution is -2.32. The molecule has 0 saturated carbocycles. The Kier molecular flexibility index (Phi) is 5.54. The number of benzene rings is 1. The van der Waals surface area contributed by atoms with E-state index in [4.69, 9.17) is 11.6 Å². The van der Waals surface area contributed by atoms with Crippen LogP contribution in [0.15, 0.2) is 24.4 Å². The number of rotatable bonds is 3. The molecule has 0 atom stereocenters. The molecule has 2 aliphatic heterocycles. The second-order valence-corrected chi connectivity index (χ2v) is 9.57. The third kappa shape index (κ3) is 4.18. The van der Waals surface area contributed by atoms with Gasteiger partial charge in [0.15, 0.2) is 0 Å². The van der Waals surface area contributed by atoms with Crippen LogP contribution in [0.2, 0.25) is 5.02 Å². The summed E-state index contributed by atoms with van der Waals surface area (Å²) in [5.41, 5.74) is 1.95. The van der Waals surface area contributed by atoms with Gasteiger partial charge < -0.3 is 15.5 Å². The first kappa shape index (κ1) is 22.1. The highest BCUT2D eigenvalue weighted by Gasteiger charge is 2.37. The van der Waals surface area contributed by atoms with E-state index in [1.807, 2.05) is 12.1 Å². The van der Waals surface area contributed by atoms with Gasteiger partial charge >= 0.3 is 6.18 Å². The van der Waals surface area contributed by atoms with Crippen molar-refractivity contribution >= 4 is 40.5 Å². The zero-order valence-corrected chi connectivity index (χ0v) is 19.1. The molecule has 33 heavy (non-hydrogen) atoms. The normalized spacial score (nSPS) is 15.9. The molecule has 2 aliphatic rings. The fraction of sp³-hybridized carbons (Fsp3) is 0.318. The van der Waals surface area contributed by atoms with E-state index >= 15 is 0 Å². The third-order valence-electron chi connectivity index (χ3n) is 5.81. The van der Waals surface area contributed by atoms with E-state index in [1.54, 1.807) is 11.9 Å². The number of carbonyl (C=O) groups is 1. The molecule has 0 saturated heterocycles. The molecule has 6 nitrogen and oxygen atoms in total. The number of amides is 1. The van der Waals surface area contributed by atoms with Crippen molar-refractivity contribution < 1.29 is 18.0 Å². The summed E-state index contributed by atoms with van der Waals surface area (Å²) in [5.74, 6) is -0.196. The molecular weight excluding hydrogens is 475 g/mol. The SMILES string of the molecule is CN1CCc2sc(-c3nc(Nc4cc5c(cc4Cl)CNCC5)ncc3C(F)(F)F)cc2C1=O. The molecule has 5 rings (SSSR count). The third-order valence-corrected chi connectivity index (χ3v) is 7.32. The van der Waals surface area contributed by atoms with Gasteiger partial charge in [-0.3, -0.25) is 4.79 Å². The number of thiophene rings is 1. The van der Waals surface area contributed by atoms with Crippen LogP contribution in [0.3, 0.4) is 0 Å². The van der Waals surface area contributed by atoms with Gasteiger partial charge in [-0.15, -0.1) is 11.3 Å². The minimum atomic E-state index is -4.64. The maximum Gasteiger partial charge on any atom is 0.420 e. The first-order chi connectivity index (χ1) is 15.7. The molecule has 3 aromatic rings. The molecular formula is C22H19ClF3N5OS. The van der Waals surface area contributed by atoms with Gasteiger partial charge in [-0.05, 0) is 42.3 Å². The standard InChI is InChI=1S/C22H19ClF3N5OS/c1-31-5-3-17-13(20(31)32)8-18(33-17)19-14(22(24,25)26)10-28-21(30-19)29-16-7-11-2-4-27-9-12(11)6-15(16)23/h6-8,10,27H,2-5,9H2,1H3,(H,28,29,30). The summed E-state index contributed by atoms with van der Waals surface area (Å²) in [5, 5.41) is 6.68. The zero-order chi connectivity index (χ0) is 23.3. The summed E-state index contributed by atoms with van der Waals surface area (Å²) in [6, 6.07) is 5.22. The van der Waals surface area contributed by atoms with Crippen LogP contribution in [0, 0.1) is 0 Å². The fourth-order valence-electron chi connectivity index (χ4n) is 4.04. The van der Waals surface area contributed by atoms with Crippen LogP contribution in [0.4, 0.5) is 24.8 Å². The lowest BCUT2D eigenvalue weighted by atomic mass is 10.0. The van der Waals surface area contributed by atoms with Gasteiger partial charge in [-0.25, -0.2) is 9.97 Å². The average molecular weight is 494 g/mol. The minimum Gasteiger partial charge on any atom is -0.341 e. The number of anilines is 2. The van der Waals surface area contributed by atoms with Crippen molar-refractivity contribution in [1.29, 1.82) is 0 Å². The first-order valence-corrected chi connectivity index (χ1v) is 11.5. The van der Waals surface area contributed by atoms with E-state index in [9.17, 15) is 18.0 Å². The predicted octanol–water partition coefficient (Wildman–Crippen LogP) is 4.89. The van der Waals surface area contributed by atoms with Gasteiger partial charge in [0.2, 0.25) is 5.95 Å². The van der Waals surface area contributed by atoms with Gasteiger partial charge in [0.05, 0.1) is 26.8 Å². The van der Waals surface area contributed by atoms with Gasteiger partial charge in [0, 0.05) is 37.6 Å². The largest absolute Gasteiger partial charge is 0.420 e. The van der Waals surface area contributed by atoms with Gasteiger partial charge in [0.25, 0.3) is 5.91 Å². The van der Waals surface area contributed by atoms with E-state index in [-0.39, 0.29) is 22.4 Å². The highest BCUT2D eigenvalue weighted by molar-refractivity contribution is 7.15. The summed E-state index contributed by atoms with van der Waals surface area (Å²) in [6.45, 7) is 2.08. The topological polar surface area (TPSA) is 70.2 Å². The Hall–Kier alpha value is -2.69. The second kappa shape index (κ2) is 8.27. The number of hydrogen-bond acceptors (Lipinski definition) is 6. The number of carbonyl (C=O) groups excluding carboxylic acids is 1. The Labute approximate surface area is 196 Å². The number of nitrogens with one attached hydrogen (secondary N) is 2. The Morgan fingerprint density at radius 1 is 1.21 bits per heavy atom. The maximum atomic E-state index is 13.8. The molecule has 2 N–H and O–H groups in total. The van der Waals surface area contributed by atoms with Gasteiger partial charge in [-0.2, -0.15) is 13.2 Å². The summed E-state index contributed by atoms with van der Waals surface area (Å²) < 4.78 is 41.3. The van der Waals surface area contributed by atoms with Crippen molar-refractivity contribution in [2.24, 2.45) is 0 Å². The number of alkyl halides is 3. The monoisotopic (exact) mass is 493 g/mol. The second-order valence-electron chi connectivity index (χ2n) is 8.03. The molecule has 0 bridgehead atoms. The van der Waals surface area contributed by atoms with Crippen LogP contribution >= 0.6 is 22.9 Å². The molecule has 0 aliphatic carbocycles. The van der Waals surface area contributed by atoms with Crippen molar-refractivity contribution in [1.82, 2.24) is 20.2 Å². The van der Waals surface area contributed by atoms with Crippen LogP contribution in [0.1, 0.15) is 31.9 Å². The van der Waals surface area contributed by atoms with Crippen LogP contribution in [-0.4, -0.2) is 40.9 Å². The van der Waals surface area contributed by atoms with Crippen molar-refractivity contribution in [3.63, 3.8) is 0 Å². The molecule has 0 spiro atoms. The Morgan fingerprint density at radius 3 is 2.82 bits per heavy atom. The summed E-state index contributed by atoms with van der Waals surface area (Å²) >= 11 is 7.57. The van der Waals surface area contributed by atoms with E-state index in [1.165, 1.54) is 6.07 Å². The molecule has 0 radical (unpaired) electrons. The van der Waals surface area contributed by atoms with E-state index in [0.717, 1.165) is 46.5 Å². The van der Waals surface area contributed by atoms with Crippen molar-refractivity contribution in [2.45, 2.75) is 25.6 Å². The summed E-state index contributed by atoms with van der Waals surface area (Å²) in [4.78, 5) is 23.2. The Bertz CT molecular complexity index is 1260. The summed E-state index contributed by atoms with van der Waals surface area (Å²) in [7, 11) is 1.68. The summed E-state index contributed by atoms with van der Waals surface area (Å²) in [6.07, 6.45) is -2.45. The molecule has 1 amide bonds. The zero-order valence-electron chi connectivity index (χ0n) is 17.5. The lowest BCUT2D eigenvalue weighted by Gasteiger charge is -2.21. The average Bonchev–Trinajstić information content (AvgIpc) is 3.21. The van der Waals surface area contributed by atoms with E-state index in [0.29, 0.717) is 35.8 Å². The number of nitrogens with zero attached hydrogens (tertiary/aromatic N) is 3. The highest BCUT2D eigenvalue weighted by Crippen LogP contribution is 2.41. The van der Waals surface area contributed by atoms with Gasteiger partial charge in [-0.1, -0.05) is 11.6 Å². The maximum absolute atomic E-state index is 13.8. The van der Waals surface area contributed by atoms with E-state index < -0.39 is 11.7 Å². The van der Waals surface area contributed by atoms with E-state index in [2.05, 4.69) is 20.6 Å². The first-order valence-electron chi connectivity index (χ1n) is 10.3. The molecule has 2 aromatic heterocycles. The number of aromatic nitrogens is 2. The predicted molar refractivity (Wildman–Crippen MR) is 121 cm³/mol. The van der Waals surface area contributed by atoms with Crippen LogP contribution in [-0.2, 0) is 25.6 Å². The van der Waals surface area contributed by atoms with Crippen LogP contribution in [0.25, 0.3) is 10.6 Å². The van der Waals surface area contributed by atoms with Crippen molar-refractivity contribution in [3.8, 4) is 10.6 Å². The number of fused-ring (bicyclic) bond motifs is 2. The molecule has 0 fully saturated rings. The van der Waals surface area contributed by atoms with Crippen LogP contribution < -0.4 is 10.6 Å². The highest BCUT2D eigenvalue weighted by atomic mass is 35.5. The van der Waals surface area contributed by atoms with Gasteiger partial charge in [0.1, 0.15) is 5.56 Å². The smallest absolute Gasteiger partial charge is 0.341 e. The lowest BCUT2D eigenvalue weighted by molar-refractivity contribution is -0.137. The van der Waals surface area contributed by atoms with Crippen molar-refractivity contribution in [3.05, 3.63) is 56.5 Å². The molecule has 1 aromatic carbocycles. The number of halogens is 4. The minimum absolute atomic E-state index is 0.00333. The molecule has 11 heteroatoms. The number of hydrogen-bond donors (Lipinski definition) is 2. The number of likely N-dealkylation sites (N-methyl/N-ethyl adjacent to an activating group) is 1. The molecule has 4 heterocycles. The van der Waals surface area contributed by atoms with Crippen LogP contribution in [0.5, 0.6) is 0 Å². The quantitative estimate of drug-likeness (QED) is 0.543. The Morgan fingerprint density at radius 2 is 2.03 bits per heavy atom. The molecule has 172 valence electrons. The molecule has 0 unspecified atom stereocenters. The van der Waals surface area contributed by atoms with Crippen molar-refractivity contribution in [2.75, 3.05) is 25.5 Å².